The van der Waals surface area contributed by atoms with E-state index in [4.69, 9.17) is 12.2 Å². The Morgan fingerprint density at radius 2 is 1.76 bits per heavy atom. The molecular weight excluding hydrogens is 332 g/mol. The molecule has 0 radical (unpaired) electrons. The molecule has 1 aromatic heterocycles. The van der Waals surface area contributed by atoms with E-state index in [1.165, 1.54) is 43.6 Å². The predicted octanol–water partition coefficient (Wildman–Crippen LogP) is 2.98. The molecule has 25 heavy (non-hydrogen) atoms. The molecule has 3 heterocycles. The SMILES string of the molecule is O=c1[nH]c(=S)[nH]c2c1CN(Cc1ccc(N3CCCCC3)cc1)CC2. The zero-order valence-corrected chi connectivity index (χ0v) is 15.2. The third-order valence-corrected chi connectivity index (χ3v) is 5.46. The van der Waals surface area contributed by atoms with Gasteiger partial charge >= 0.3 is 0 Å². The van der Waals surface area contributed by atoms with Crippen molar-refractivity contribution in [2.24, 2.45) is 0 Å². The number of hydrogen-bond donors (Lipinski definition) is 2. The molecule has 0 spiro atoms. The number of nitrogens with zero attached hydrogens (tertiary/aromatic N) is 2. The summed E-state index contributed by atoms with van der Waals surface area (Å²) < 4.78 is 0.422. The van der Waals surface area contributed by atoms with Crippen LogP contribution < -0.4 is 10.5 Å². The number of aromatic amines is 2. The van der Waals surface area contributed by atoms with E-state index < -0.39 is 0 Å². The summed E-state index contributed by atoms with van der Waals surface area (Å²) in [5, 5.41) is 0. The topological polar surface area (TPSA) is 55.1 Å². The van der Waals surface area contributed by atoms with Gasteiger partial charge in [-0.1, -0.05) is 12.1 Å². The van der Waals surface area contributed by atoms with Gasteiger partial charge in [0.2, 0.25) is 0 Å². The molecule has 0 aliphatic carbocycles. The Kier molecular flexibility index (Phi) is 4.72. The molecule has 0 atom stereocenters. The van der Waals surface area contributed by atoms with Crippen molar-refractivity contribution in [2.75, 3.05) is 24.5 Å². The lowest BCUT2D eigenvalue weighted by Gasteiger charge is -2.30. The van der Waals surface area contributed by atoms with Crippen LogP contribution >= 0.6 is 12.2 Å². The van der Waals surface area contributed by atoms with E-state index in [9.17, 15) is 4.79 Å². The Labute approximate surface area is 152 Å². The molecule has 1 fully saturated rings. The van der Waals surface area contributed by atoms with Crippen LogP contribution in [0.5, 0.6) is 0 Å². The second-order valence-corrected chi connectivity index (χ2v) is 7.45. The van der Waals surface area contributed by atoms with Crippen molar-refractivity contribution in [2.45, 2.75) is 38.8 Å². The number of anilines is 1. The predicted molar refractivity (Wildman–Crippen MR) is 103 cm³/mol. The van der Waals surface area contributed by atoms with E-state index in [0.717, 1.165) is 30.8 Å². The molecule has 6 heteroatoms. The van der Waals surface area contributed by atoms with Gasteiger partial charge in [0.1, 0.15) is 0 Å². The lowest BCUT2D eigenvalue weighted by atomic mass is 10.1. The summed E-state index contributed by atoms with van der Waals surface area (Å²) in [4.78, 5) is 22.8. The van der Waals surface area contributed by atoms with Gasteiger partial charge in [-0.3, -0.25) is 14.7 Å². The van der Waals surface area contributed by atoms with Gasteiger partial charge in [0.05, 0.1) is 5.56 Å². The van der Waals surface area contributed by atoms with E-state index in [2.05, 4.69) is 44.0 Å². The fourth-order valence-corrected chi connectivity index (χ4v) is 4.09. The first-order valence-electron chi connectivity index (χ1n) is 9.10. The van der Waals surface area contributed by atoms with E-state index in [1.807, 2.05) is 0 Å². The van der Waals surface area contributed by atoms with Crippen molar-refractivity contribution in [1.82, 2.24) is 14.9 Å². The third kappa shape index (κ3) is 3.70. The summed E-state index contributed by atoms with van der Waals surface area (Å²) in [5.41, 5.74) is 4.39. The highest BCUT2D eigenvalue weighted by molar-refractivity contribution is 7.71. The number of H-pyrrole nitrogens is 2. The van der Waals surface area contributed by atoms with Crippen molar-refractivity contribution in [3.05, 3.63) is 56.2 Å². The summed E-state index contributed by atoms with van der Waals surface area (Å²) >= 11 is 5.06. The number of piperidine rings is 1. The molecule has 0 bridgehead atoms. The molecule has 0 saturated carbocycles. The van der Waals surface area contributed by atoms with Crippen molar-refractivity contribution < 1.29 is 0 Å². The minimum Gasteiger partial charge on any atom is -0.372 e. The average molecular weight is 356 g/mol. The van der Waals surface area contributed by atoms with E-state index in [1.54, 1.807) is 0 Å². The van der Waals surface area contributed by atoms with Gasteiger partial charge in [0.25, 0.3) is 5.56 Å². The van der Waals surface area contributed by atoms with Gasteiger partial charge in [0.15, 0.2) is 4.77 Å². The Hall–Kier alpha value is -1.92. The normalized spacial score (nSPS) is 18.2. The van der Waals surface area contributed by atoms with Gasteiger partial charge in [-0.2, -0.15) is 0 Å². The van der Waals surface area contributed by atoms with Crippen molar-refractivity contribution in [3.8, 4) is 0 Å². The van der Waals surface area contributed by atoms with Crippen LogP contribution in [0.2, 0.25) is 0 Å². The van der Waals surface area contributed by atoms with Crippen LogP contribution in [0.1, 0.15) is 36.1 Å². The van der Waals surface area contributed by atoms with Gasteiger partial charge in [-0.05, 0) is 49.2 Å². The highest BCUT2D eigenvalue weighted by Crippen LogP contribution is 2.22. The highest BCUT2D eigenvalue weighted by Gasteiger charge is 2.20. The average Bonchev–Trinajstić information content (AvgIpc) is 2.63. The number of rotatable bonds is 3. The first-order chi connectivity index (χ1) is 12.2. The zero-order valence-electron chi connectivity index (χ0n) is 14.4. The summed E-state index contributed by atoms with van der Waals surface area (Å²) in [6.45, 7) is 4.83. The van der Waals surface area contributed by atoms with Crippen LogP contribution in [-0.2, 0) is 19.5 Å². The molecule has 2 aliphatic heterocycles. The number of benzene rings is 1. The number of aromatic nitrogens is 2. The minimum absolute atomic E-state index is 0.0519. The van der Waals surface area contributed by atoms with Gasteiger partial charge in [-0.25, -0.2) is 0 Å². The molecule has 0 amide bonds. The molecule has 1 saturated heterocycles. The first-order valence-corrected chi connectivity index (χ1v) is 9.50. The van der Waals surface area contributed by atoms with Crippen molar-refractivity contribution >= 4 is 17.9 Å². The molecule has 0 unspecified atom stereocenters. The Balaban J connectivity index is 1.44. The minimum atomic E-state index is -0.0519. The maximum atomic E-state index is 12.1. The van der Waals surface area contributed by atoms with Crippen molar-refractivity contribution in [3.63, 3.8) is 0 Å². The summed E-state index contributed by atoms with van der Waals surface area (Å²) in [6.07, 6.45) is 4.79. The molecule has 132 valence electrons. The quantitative estimate of drug-likeness (QED) is 0.830. The largest absolute Gasteiger partial charge is 0.372 e. The maximum Gasteiger partial charge on any atom is 0.256 e. The number of hydrogen-bond acceptors (Lipinski definition) is 4. The summed E-state index contributed by atoms with van der Waals surface area (Å²) in [7, 11) is 0. The molecule has 2 aliphatic rings. The Bertz CT molecular complexity index is 849. The zero-order chi connectivity index (χ0) is 17.2. The second kappa shape index (κ2) is 7.14. The van der Waals surface area contributed by atoms with E-state index >= 15 is 0 Å². The maximum absolute atomic E-state index is 12.1. The summed E-state index contributed by atoms with van der Waals surface area (Å²) in [5.74, 6) is 0. The Morgan fingerprint density at radius 3 is 2.52 bits per heavy atom. The molecule has 1 aromatic carbocycles. The lowest BCUT2D eigenvalue weighted by Crippen LogP contribution is -2.35. The molecular formula is C19H24N4OS. The van der Waals surface area contributed by atoms with E-state index in [0.29, 0.717) is 11.3 Å². The van der Waals surface area contributed by atoms with Crippen LogP contribution in [0.15, 0.2) is 29.1 Å². The second-order valence-electron chi connectivity index (χ2n) is 7.04. The molecule has 2 aromatic rings. The molecule has 5 nitrogen and oxygen atoms in total. The third-order valence-electron chi connectivity index (χ3n) is 5.25. The fourth-order valence-electron chi connectivity index (χ4n) is 3.87. The van der Waals surface area contributed by atoms with Gasteiger partial charge in [0, 0.05) is 50.5 Å². The summed E-state index contributed by atoms with van der Waals surface area (Å²) in [6, 6.07) is 8.93. The van der Waals surface area contributed by atoms with Crippen molar-refractivity contribution in [1.29, 1.82) is 0 Å². The van der Waals surface area contributed by atoms with E-state index in [-0.39, 0.29) is 5.56 Å². The fraction of sp³-hybridized carbons (Fsp3) is 0.474. The number of nitrogens with one attached hydrogen (secondary N) is 2. The highest BCUT2D eigenvalue weighted by atomic mass is 32.1. The first kappa shape index (κ1) is 16.5. The van der Waals surface area contributed by atoms with Gasteiger partial charge < -0.3 is 9.88 Å². The number of fused-ring (bicyclic) bond motifs is 1. The standard InChI is InChI=1S/C19H24N4OS/c24-18-16-13-22(11-8-17(16)20-19(25)21-18)12-14-4-6-15(7-5-14)23-9-2-1-3-10-23/h4-7H,1-3,8-13H2,(H2,20,21,24,25). The van der Waals surface area contributed by atoms with Gasteiger partial charge in [-0.15, -0.1) is 0 Å². The van der Waals surface area contributed by atoms with Crippen LogP contribution in [-0.4, -0.2) is 34.5 Å². The van der Waals surface area contributed by atoms with Crippen LogP contribution in [0.4, 0.5) is 5.69 Å². The molecule has 4 rings (SSSR count). The van der Waals surface area contributed by atoms with Crippen LogP contribution in [0, 0.1) is 4.77 Å². The van der Waals surface area contributed by atoms with Crippen LogP contribution in [0.25, 0.3) is 0 Å². The Morgan fingerprint density at radius 1 is 1.00 bits per heavy atom. The molecule has 2 N–H and O–H groups in total. The monoisotopic (exact) mass is 356 g/mol. The lowest BCUT2D eigenvalue weighted by molar-refractivity contribution is 0.241. The smallest absolute Gasteiger partial charge is 0.256 e. The van der Waals surface area contributed by atoms with Crippen LogP contribution in [0.3, 0.4) is 0 Å².